The van der Waals surface area contributed by atoms with Gasteiger partial charge in [0.1, 0.15) is 5.60 Å². The zero-order chi connectivity index (χ0) is 15.3. The summed E-state index contributed by atoms with van der Waals surface area (Å²) in [5.41, 5.74) is 2.81. The minimum Gasteiger partial charge on any atom is -0.357 e. The molecule has 3 aromatic rings. The van der Waals surface area contributed by atoms with E-state index in [-0.39, 0.29) is 0 Å². The molecule has 0 bridgehead atoms. The van der Waals surface area contributed by atoms with Crippen LogP contribution in [0.15, 0.2) is 91.0 Å². The molecule has 0 aliphatic rings. The molecule has 0 amide bonds. The van der Waals surface area contributed by atoms with Crippen LogP contribution in [-0.2, 0) is 10.3 Å². The van der Waals surface area contributed by atoms with Gasteiger partial charge in [-0.3, -0.25) is 0 Å². The highest BCUT2D eigenvalue weighted by Gasteiger charge is 2.36. The van der Waals surface area contributed by atoms with E-state index in [9.17, 15) is 0 Å². The molecule has 2 heteroatoms. The summed E-state index contributed by atoms with van der Waals surface area (Å²) < 4.78 is 6.35. The van der Waals surface area contributed by atoms with Crippen molar-refractivity contribution < 1.29 is 4.74 Å². The lowest BCUT2D eigenvalue weighted by Gasteiger charge is -2.35. The summed E-state index contributed by atoms with van der Waals surface area (Å²) in [6.45, 7) is 0. The van der Waals surface area contributed by atoms with Crippen LogP contribution in [0.25, 0.3) is 0 Å². The van der Waals surface area contributed by atoms with Crippen molar-refractivity contribution in [1.82, 2.24) is 0 Å². The summed E-state index contributed by atoms with van der Waals surface area (Å²) in [7, 11) is 2.67. The first-order valence-corrected chi connectivity index (χ1v) is 8.20. The average molecular weight is 306 g/mol. The molecule has 0 spiro atoms. The van der Waals surface area contributed by atoms with E-state index in [2.05, 4.69) is 82.0 Å². The third-order valence-corrected chi connectivity index (χ3v) is 4.01. The van der Waals surface area contributed by atoms with Gasteiger partial charge in [-0.15, -0.1) is 9.24 Å². The second kappa shape index (κ2) is 6.87. The lowest BCUT2D eigenvalue weighted by atomic mass is 9.80. The van der Waals surface area contributed by atoms with Gasteiger partial charge in [0.2, 0.25) is 0 Å². The van der Waals surface area contributed by atoms with E-state index in [1.807, 2.05) is 18.2 Å². The predicted molar refractivity (Wildman–Crippen MR) is 94.9 cm³/mol. The number of rotatable bonds is 5. The Labute approximate surface area is 134 Å². The molecule has 0 saturated carbocycles. The van der Waals surface area contributed by atoms with Gasteiger partial charge >= 0.3 is 0 Å². The first-order valence-electron chi connectivity index (χ1n) is 7.38. The van der Waals surface area contributed by atoms with Crippen LogP contribution in [0.4, 0.5) is 0 Å². The second-order valence-corrected chi connectivity index (χ2v) is 5.42. The van der Waals surface area contributed by atoms with Crippen molar-refractivity contribution in [2.45, 2.75) is 5.60 Å². The molecule has 0 aliphatic heterocycles. The lowest BCUT2D eigenvalue weighted by Crippen LogP contribution is -2.32. The minimum absolute atomic E-state index is 0.554. The molecule has 0 aliphatic carbocycles. The summed E-state index contributed by atoms with van der Waals surface area (Å²) in [5, 5.41) is 0. The van der Waals surface area contributed by atoms with Crippen LogP contribution in [0.5, 0.6) is 0 Å². The van der Waals surface area contributed by atoms with Gasteiger partial charge in [-0.25, -0.2) is 0 Å². The number of hydrogen-bond donors (Lipinski definition) is 0. The summed E-state index contributed by atoms with van der Waals surface area (Å²) in [6.07, 6.45) is 0.554. The molecule has 3 aromatic carbocycles. The Morgan fingerprint density at radius 3 is 1.18 bits per heavy atom. The maximum absolute atomic E-state index is 6.35. The molecule has 0 heterocycles. The van der Waals surface area contributed by atoms with Gasteiger partial charge in [0, 0.05) is 0 Å². The molecular weight excluding hydrogens is 287 g/mol. The molecule has 22 heavy (non-hydrogen) atoms. The quantitative estimate of drug-likeness (QED) is 0.485. The fourth-order valence-electron chi connectivity index (χ4n) is 2.89. The summed E-state index contributed by atoms with van der Waals surface area (Å²) in [5.74, 6) is 0. The zero-order valence-corrected chi connectivity index (χ0v) is 13.5. The second-order valence-electron chi connectivity index (χ2n) is 5.09. The van der Waals surface area contributed by atoms with E-state index in [1.54, 1.807) is 0 Å². The van der Waals surface area contributed by atoms with Crippen molar-refractivity contribution >= 4 is 9.24 Å². The molecule has 0 N–H and O–H groups in total. The first kappa shape index (κ1) is 15.0. The molecule has 1 nitrogen and oxygen atoms in total. The fraction of sp³-hybridized carbons (Fsp3) is 0.100. The lowest BCUT2D eigenvalue weighted by molar-refractivity contribution is 0.0464. The summed E-state index contributed by atoms with van der Waals surface area (Å²) >= 11 is 0. The van der Waals surface area contributed by atoms with Gasteiger partial charge < -0.3 is 4.74 Å². The van der Waals surface area contributed by atoms with Crippen molar-refractivity contribution in [3.05, 3.63) is 108 Å². The Balaban J connectivity index is 2.29. The van der Waals surface area contributed by atoms with Crippen LogP contribution < -0.4 is 0 Å². The Morgan fingerprint density at radius 1 is 0.591 bits per heavy atom. The van der Waals surface area contributed by atoms with E-state index in [0.717, 1.165) is 16.7 Å². The molecule has 0 saturated heterocycles. The SMILES string of the molecule is PCOC(c1ccccc1)(c1ccccc1)c1ccccc1. The van der Waals surface area contributed by atoms with Crippen molar-refractivity contribution in [1.29, 1.82) is 0 Å². The molecule has 3 rings (SSSR count). The molecule has 0 fully saturated rings. The number of benzene rings is 3. The van der Waals surface area contributed by atoms with Gasteiger partial charge in [-0.2, -0.15) is 0 Å². The molecule has 0 radical (unpaired) electrons. The Hall–Kier alpha value is -1.95. The van der Waals surface area contributed by atoms with Crippen molar-refractivity contribution in [3.63, 3.8) is 0 Å². The molecule has 1 unspecified atom stereocenters. The Kier molecular flexibility index (Phi) is 4.68. The summed E-state index contributed by atoms with van der Waals surface area (Å²) in [6, 6.07) is 31.2. The van der Waals surface area contributed by atoms with Gasteiger partial charge in [-0.05, 0) is 16.7 Å². The third kappa shape index (κ3) is 2.70. The monoisotopic (exact) mass is 306 g/mol. The van der Waals surface area contributed by atoms with E-state index in [1.165, 1.54) is 0 Å². The van der Waals surface area contributed by atoms with Crippen LogP contribution >= 0.6 is 9.24 Å². The molecule has 1 atom stereocenters. The van der Waals surface area contributed by atoms with Crippen LogP contribution in [0.2, 0.25) is 0 Å². The minimum atomic E-state index is -0.592. The predicted octanol–water partition coefficient (Wildman–Crippen LogP) is 4.83. The zero-order valence-electron chi connectivity index (χ0n) is 12.4. The number of ether oxygens (including phenoxy) is 1. The Bertz CT molecular complexity index is 599. The van der Waals surface area contributed by atoms with Gasteiger partial charge in [0.25, 0.3) is 0 Å². The maximum Gasteiger partial charge on any atom is 0.144 e. The van der Waals surface area contributed by atoms with E-state index in [0.29, 0.717) is 6.35 Å². The van der Waals surface area contributed by atoms with Crippen LogP contribution in [0.3, 0.4) is 0 Å². The topological polar surface area (TPSA) is 9.23 Å². The largest absolute Gasteiger partial charge is 0.357 e. The average Bonchev–Trinajstić information content (AvgIpc) is 2.62. The van der Waals surface area contributed by atoms with Crippen LogP contribution in [0, 0.1) is 0 Å². The highest BCUT2D eigenvalue weighted by atomic mass is 31.0. The van der Waals surface area contributed by atoms with E-state index >= 15 is 0 Å². The standard InChI is InChI=1S/C20H19OP/c22-16-21-20(17-10-4-1-5-11-17,18-12-6-2-7-13-18)19-14-8-3-9-15-19/h1-15H,16,22H2. The molecular formula is C20H19OP. The first-order chi connectivity index (χ1) is 10.9. The van der Waals surface area contributed by atoms with Gasteiger partial charge in [0.15, 0.2) is 0 Å². The van der Waals surface area contributed by atoms with Gasteiger partial charge in [0.05, 0.1) is 6.35 Å². The van der Waals surface area contributed by atoms with E-state index in [4.69, 9.17) is 4.74 Å². The smallest absolute Gasteiger partial charge is 0.144 e. The highest BCUT2D eigenvalue weighted by molar-refractivity contribution is 7.16. The van der Waals surface area contributed by atoms with Crippen LogP contribution in [-0.4, -0.2) is 6.35 Å². The van der Waals surface area contributed by atoms with Crippen LogP contribution in [0.1, 0.15) is 16.7 Å². The highest BCUT2D eigenvalue weighted by Crippen LogP contribution is 2.40. The molecule has 110 valence electrons. The normalized spacial score (nSPS) is 11.3. The fourth-order valence-corrected chi connectivity index (χ4v) is 3.14. The third-order valence-electron chi connectivity index (χ3n) is 3.84. The summed E-state index contributed by atoms with van der Waals surface area (Å²) in [4.78, 5) is 0. The van der Waals surface area contributed by atoms with Crippen molar-refractivity contribution in [2.75, 3.05) is 6.35 Å². The Morgan fingerprint density at radius 2 is 0.909 bits per heavy atom. The van der Waals surface area contributed by atoms with Gasteiger partial charge in [-0.1, -0.05) is 91.0 Å². The van der Waals surface area contributed by atoms with E-state index < -0.39 is 5.60 Å². The maximum atomic E-state index is 6.35. The van der Waals surface area contributed by atoms with Crippen molar-refractivity contribution in [3.8, 4) is 0 Å². The van der Waals surface area contributed by atoms with Crippen molar-refractivity contribution in [2.24, 2.45) is 0 Å². The number of hydrogen-bond acceptors (Lipinski definition) is 1. The molecule has 0 aromatic heterocycles.